The third-order valence-electron chi connectivity index (χ3n) is 5.94. The summed E-state index contributed by atoms with van der Waals surface area (Å²) in [5.41, 5.74) is 1.45. The van der Waals surface area contributed by atoms with E-state index < -0.39 is 23.7 Å². The van der Waals surface area contributed by atoms with E-state index in [1.54, 1.807) is 60.7 Å². The van der Waals surface area contributed by atoms with Gasteiger partial charge in [0.05, 0.1) is 37.5 Å². The second kappa shape index (κ2) is 10.6. The van der Waals surface area contributed by atoms with Crippen LogP contribution in [-0.4, -0.2) is 43.1 Å². The lowest BCUT2D eigenvalue weighted by Crippen LogP contribution is -2.29. The monoisotopic (exact) mass is 501 g/mol. The van der Waals surface area contributed by atoms with Crippen LogP contribution in [0.3, 0.4) is 0 Å². The fraction of sp³-hybridized carbons (Fsp3) is 0.207. The number of methoxy groups -OCH3 is 2. The molecule has 1 saturated heterocycles. The zero-order chi connectivity index (χ0) is 26.7. The largest absolute Gasteiger partial charge is 0.507 e. The van der Waals surface area contributed by atoms with Crippen LogP contribution in [0.2, 0.25) is 0 Å². The van der Waals surface area contributed by atoms with E-state index in [1.807, 2.05) is 13.8 Å². The summed E-state index contributed by atoms with van der Waals surface area (Å²) in [6.45, 7) is 3.81. The first-order chi connectivity index (χ1) is 17.8. The number of hydrogen-bond donors (Lipinski definition) is 1. The zero-order valence-corrected chi connectivity index (χ0v) is 20.9. The highest BCUT2D eigenvalue weighted by atomic mass is 16.5. The Morgan fingerprint density at radius 1 is 0.892 bits per heavy atom. The topological polar surface area (TPSA) is 102 Å². The standard InChI is InChI=1S/C29H27NO7/c1-17(2)37-21-15-11-18(12-16-21)26(31)24-25(22-7-5-6-8-23(22)35-3)30(28(33)27(24)32)20-13-9-19(10-14-20)29(34)36-4/h5-17,25,31H,1-4H3/b26-24+. The minimum atomic E-state index is -0.980. The fourth-order valence-electron chi connectivity index (χ4n) is 4.28. The number of rotatable bonds is 7. The van der Waals surface area contributed by atoms with Crippen LogP contribution in [0.4, 0.5) is 5.69 Å². The lowest BCUT2D eigenvalue weighted by atomic mass is 9.94. The highest BCUT2D eigenvalue weighted by molar-refractivity contribution is 6.51. The number of para-hydroxylation sites is 1. The summed E-state index contributed by atoms with van der Waals surface area (Å²) in [7, 11) is 2.77. The highest BCUT2D eigenvalue weighted by Crippen LogP contribution is 2.45. The van der Waals surface area contributed by atoms with Crippen molar-refractivity contribution in [1.29, 1.82) is 0 Å². The summed E-state index contributed by atoms with van der Waals surface area (Å²) in [5.74, 6) is -1.45. The molecule has 0 bridgehead atoms. The Bertz CT molecular complexity index is 1360. The van der Waals surface area contributed by atoms with Gasteiger partial charge in [0.2, 0.25) is 0 Å². The van der Waals surface area contributed by atoms with E-state index in [1.165, 1.54) is 31.3 Å². The molecule has 1 aliphatic rings. The van der Waals surface area contributed by atoms with Crippen molar-refractivity contribution in [2.24, 2.45) is 0 Å². The average Bonchev–Trinajstić information content (AvgIpc) is 3.17. The minimum absolute atomic E-state index is 0.0270. The third kappa shape index (κ3) is 4.91. The molecular weight excluding hydrogens is 474 g/mol. The van der Waals surface area contributed by atoms with E-state index in [4.69, 9.17) is 14.2 Å². The van der Waals surface area contributed by atoms with Crippen LogP contribution < -0.4 is 14.4 Å². The number of aliphatic hydroxyl groups excluding tert-OH is 1. The fourth-order valence-corrected chi connectivity index (χ4v) is 4.28. The van der Waals surface area contributed by atoms with Gasteiger partial charge in [-0.3, -0.25) is 14.5 Å². The SMILES string of the molecule is COC(=O)c1ccc(N2C(=O)C(=O)/C(=C(/O)c3ccc(OC(C)C)cc3)C2c2ccccc2OC)cc1. The number of amides is 1. The van der Waals surface area contributed by atoms with Crippen LogP contribution in [0.5, 0.6) is 11.5 Å². The number of anilines is 1. The Labute approximate surface area is 214 Å². The van der Waals surface area contributed by atoms with Gasteiger partial charge < -0.3 is 19.3 Å². The second-order valence-electron chi connectivity index (χ2n) is 8.64. The molecule has 1 amide bonds. The Balaban J connectivity index is 1.87. The molecule has 37 heavy (non-hydrogen) atoms. The number of nitrogens with zero attached hydrogens (tertiary/aromatic N) is 1. The van der Waals surface area contributed by atoms with Gasteiger partial charge in [0.1, 0.15) is 17.3 Å². The van der Waals surface area contributed by atoms with E-state index in [0.29, 0.717) is 33.9 Å². The molecule has 0 aliphatic carbocycles. The summed E-state index contributed by atoms with van der Waals surface area (Å²) in [6.07, 6.45) is -0.0270. The van der Waals surface area contributed by atoms with Crippen LogP contribution in [0.15, 0.2) is 78.4 Å². The van der Waals surface area contributed by atoms with Gasteiger partial charge in [0, 0.05) is 16.8 Å². The van der Waals surface area contributed by atoms with Gasteiger partial charge in [-0.1, -0.05) is 18.2 Å². The number of esters is 1. The molecule has 3 aromatic rings. The summed E-state index contributed by atoms with van der Waals surface area (Å²) in [6, 6.07) is 18.8. The quantitative estimate of drug-likeness (QED) is 0.213. The minimum Gasteiger partial charge on any atom is -0.507 e. The Morgan fingerprint density at radius 2 is 1.51 bits per heavy atom. The highest BCUT2D eigenvalue weighted by Gasteiger charge is 2.47. The van der Waals surface area contributed by atoms with Gasteiger partial charge >= 0.3 is 5.97 Å². The van der Waals surface area contributed by atoms with E-state index in [0.717, 1.165) is 0 Å². The van der Waals surface area contributed by atoms with Crippen molar-refractivity contribution in [3.8, 4) is 11.5 Å². The maximum atomic E-state index is 13.4. The van der Waals surface area contributed by atoms with Crippen LogP contribution in [0, 0.1) is 0 Å². The molecule has 1 fully saturated rings. The summed E-state index contributed by atoms with van der Waals surface area (Å²) >= 11 is 0. The van der Waals surface area contributed by atoms with Crippen molar-refractivity contribution in [2.75, 3.05) is 19.1 Å². The van der Waals surface area contributed by atoms with Crippen molar-refractivity contribution in [3.63, 3.8) is 0 Å². The number of carbonyl (C=O) groups is 3. The Hall–Kier alpha value is -4.59. The smallest absolute Gasteiger partial charge is 0.337 e. The Kier molecular flexibility index (Phi) is 7.29. The van der Waals surface area contributed by atoms with Crippen LogP contribution in [0.25, 0.3) is 5.76 Å². The van der Waals surface area contributed by atoms with Gasteiger partial charge in [-0.05, 0) is 68.4 Å². The molecule has 0 saturated carbocycles. The van der Waals surface area contributed by atoms with Gasteiger partial charge in [-0.2, -0.15) is 0 Å². The van der Waals surface area contributed by atoms with Gasteiger partial charge in [0.15, 0.2) is 0 Å². The maximum absolute atomic E-state index is 13.4. The molecule has 1 unspecified atom stereocenters. The number of ketones is 1. The molecule has 0 aromatic heterocycles. The van der Waals surface area contributed by atoms with Crippen LogP contribution in [-0.2, 0) is 14.3 Å². The molecule has 0 radical (unpaired) electrons. The van der Waals surface area contributed by atoms with Crippen molar-refractivity contribution < 1.29 is 33.7 Å². The molecule has 8 heteroatoms. The molecule has 4 rings (SSSR count). The van der Waals surface area contributed by atoms with Crippen molar-refractivity contribution in [1.82, 2.24) is 0 Å². The van der Waals surface area contributed by atoms with E-state index >= 15 is 0 Å². The van der Waals surface area contributed by atoms with E-state index in [-0.39, 0.29) is 17.4 Å². The van der Waals surface area contributed by atoms with Crippen molar-refractivity contribution in [2.45, 2.75) is 26.0 Å². The molecule has 8 nitrogen and oxygen atoms in total. The molecule has 1 atom stereocenters. The third-order valence-corrected chi connectivity index (χ3v) is 5.94. The number of ether oxygens (including phenoxy) is 3. The second-order valence-corrected chi connectivity index (χ2v) is 8.64. The van der Waals surface area contributed by atoms with E-state index in [9.17, 15) is 19.5 Å². The summed E-state index contributed by atoms with van der Waals surface area (Å²) < 4.78 is 15.9. The zero-order valence-electron chi connectivity index (χ0n) is 20.9. The molecular formula is C29H27NO7. The van der Waals surface area contributed by atoms with Crippen LogP contribution in [0.1, 0.15) is 41.4 Å². The Morgan fingerprint density at radius 3 is 2.11 bits per heavy atom. The molecule has 1 N–H and O–H groups in total. The first kappa shape index (κ1) is 25.5. The lowest BCUT2D eigenvalue weighted by molar-refractivity contribution is -0.132. The molecule has 3 aromatic carbocycles. The summed E-state index contributed by atoms with van der Waals surface area (Å²) in [4.78, 5) is 39.9. The van der Waals surface area contributed by atoms with Crippen molar-refractivity contribution in [3.05, 3.63) is 95.1 Å². The normalized spacial score (nSPS) is 16.7. The van der Waals surface area contributed by atoms with Gasteiger partial charge in [-0.25, -0.2) is 4.79 Å². The first-order valence-electron chi connectivity index (χ1n) is 11.7. The first-order valence-corrected chi connectivity index (χ1v) is 11.7. The number of hydrogen-bond acceptors (Lipinski definition) is 7. The lowest BCUT2D eigenvalue weighted by Gasteiger charge is -2.26. The van der Waals surface area contributed by atoms with E-state index in [2.05, 4.69) is 0 Å². The van der Waals surface area contributed by atoms with Crippen molar-refractivity contribution >= 4 is 29.1 Å². The van der Waals surface area contributed by atoms with Gasteiger partial charge in [0.25, 0.3) is 11.7 Å². The number of Topliss-reactive ketones (excluding diaryl/α,β-unsaturated/α-hetero) is 1. The molecule has 0 spiro atoms. The molecule has 1 aliphatic heterocycles. The van der Waals surface area contributed by atoms with Crippen LogP contribution >= 0.6 is 0 Å². The van der Waals surface area contributed by atoms with Gasteiger partial charge in [-0.15, -0.1) is 0 Å². The number of carbonyl (C=O) groups excluding carboxylic acids is 3. The molecule has 1 heterocycles. The molecule has 190 valence electrons. The average molecular weight is 502 g/mol. The maximum Gasteiger partial charge on any atom is 0.337 e. The predicted molar refractivity (Wildman–Crippen MR) is 138 cm³/mol. The number of aliphatic hydroxyl groups is 1. The summed E-state index contributed by atoms with van der Waals surface area (Å²) in [5, 5.41) is 11.3. The number of benzene rings is 3. The predicted octanol–water partition coefficient (Wildman–Crippen LogP) is 4.90.